The average Bonchev–Trinajstić information content (AvgIpc) is 3.34. The van der Waals surface area contributed by atoms with Gasteiger partial charge in [-0.05, 0) is 27.7 Å². The van der Waals surface area contributed by atoms with Crippen LogP contribution in [0.25, 0.3) is 0 Å². The maximum absolute atomic E-state index is 16.3. The van der Waals surface area contributed by atoms with Gasteiger partial charge in [-0.3, -0.25) is 19.1 Å². The fraction of sp³-hybridized carbons (Fsp3) is 0.750. The van der Waals surface area contributed by atoms with E-state index in [1.165, 1.54) is 18.2 Å². The third-order valence-corrected chi connectivity index (χ3v) is 7.51. The van der Waals surface area contributed by atoms with E-state index in [2.05, 4.69) is 25.2 Å². The van der Waals surface area contributed by atoms with Gasteiger partial charge in [-0.1, -0.05) is 0 Å². The van der Waals surface area contributed by atoms with Crippen molar-refractivity contribution in [1.29, 1.82) is 0 Å². The molecule has 0 aliphatic carbocycles. The molecule has 17 heteroatoms. The maximum Gasteiger partial charge on any atom is 0.341 e. The number of nitrogens with zero attached hydrogens (tertiary/aromatic N) is 4. The molecule has 0 spiro atoms. The summed E-state index contributed by atoms with van der Waals surface area (Å²) >= 11 is 0. The van der Waals surface area contributed by atoms with E-state index in [0.717, 1.165) is 0 Å². The molecule has 4 unspecified atom stereocenters. The second kappa shape index (κ2) is 10.6. The summed E-state index contributed by atoms with van der Waals surface area (Å²) in [6.07, 6.45) is -3.71. The lowest BCUT2D eigenvalue weighted by Crippen LogP contribution is -2.55. The number of fused-ring (bicyclic) bond motifs is 2. The summed E-state index contributed by atoms with van der Waals surface area (Å²) in [6.45, 7) is 5.19. The number of carbonyl (C=O) groups is 2. The molecule has 0 amide bonds. The molecule has 4 heterocycles. The van der Waals surface area contributed by atoms with Gasteiger partial charge in [0.15, 0.2) is 30.2 Å². The SMILES string of the molecule is CCOC1=NC(N)=NC2C1N=CN2[C@@H]1O[C@@H]2COP(=O)(NCC(=O)OC(C)C)NCC(=O)OC2[C@]1(C)F. The molecule has 4 N–H and O–H groups in total. The smallest absolute Gasteiger partial charge is 0.341 e. The number of carbonyl (C=O) groups excluding carboxylic acids is 2. The first-order valence-corrected chi connectivity index (χ1v) is 13.4. The van der Waals surface area contributed by atoms with Gasteiger partial charge in [0, 0.05) is 0 Å². The minimum absolute atomic E-state index is 0.0647. The van der Waals surface area contributed by atoms with Crippen LogP contribution in [-0.4, -0.2) is 104 Å². The Hall–Kier alpha value is -2.65. The summed E-state index contributed by atoms with van der Waals surface area (Å²) in [5.41, 5.74) is 3.57. The molecule has 0 bridgehead atoms. The van der Waals surface area contributed by atoms with Crippen LogP contribution in [0.5, 0.6) is 0 Å². The molecule has 7 atom stereocenters. The summed E-state index contributed by atoms with van der Waals surface area (Å²) in [7, 11) is -3.95. The predicted octanol–water partition coefficient (Wildman–Crippen LogP) is -0.578. The number of halogens is 1. The highest BCUT2D eigenvalue weighted by Crippen LogP contribution is 2.44. The van der Waals surface area contributed by atoms with E-state index >= 15 is 4.39 Å². The van der Waals surface area contributed by atoms with Crippen molar-refractivity contribution < 1.29 is 42.0 Å². The normalized spacial score (nSPS) is 37.5. The molecule has 0 aromatic rings. The maximum atomic E-state index is 16.3. The number of guanidine groups is 1. The van der Waals surface area contributed by atoms with Crippen LogP contribution in [0.1, 0.15) is 27.7 Å². The summed E-state index contributed by atoms with van der Waals surface area (Å²) in [6, 6.07) is -0.666. The van der Waals surface area contributed by atoms with E-state index in [4.69, 9.17) is 29.2 Å². The van der Waals surface area contributed by atoms with Gasteiger partial charge in [0.05, 0.1) is 25.7 Å². The first-order chi connectivity index (χ1) is 17.4. The highest BCUT2D eigenvalue weighted by atomic mass is 31.2. The number of aliphatic imine (C=N–C) groups is 3. The Balaban J connectivity index is 1.51. The van der Waals surface area contributed by atoms with Crippen LogP contribution in [0.4, 0.5) is 4.39 Å². The molecule has 2 saturated heterocycles. The number of esters is 2. The lowest BCUT2D eigenvalue weighted by Gasteiger charge is -2.36. The Bertz CT molecular complexity index is 1050. The molecule has 15 nitrogen and oxygen atoms in total. The summed E-state index contributed by atoms with van der Waals surface area (Å²) < 4.78 is 56.9. The molecule has 0 saturated carbocycles. The minimum Gasteiger partial charge on any atom is -0.479 e. The number of alkyl halides is 1. The monoisotopic (exact) mass is 547 g/mol. The summed E-state index contributed by atoms with van der Waals surface area (Å²) in [5.74, 6) is -1.39. The standard InChI is InChI=1S/C20H31FN7O8P/c1-5-32-17-14-16(26-19(22)27-17)28(9-23-14)18-20(4,21)15-11(35-18)8-33-37(31,25-7-13(30)36-15)24-6-12(29)34-10(2)3/h9-11,14-16,18H,5-8H2,1-4H3,(H2,22,26)(H2,24,25,31)/t11-,14?,15?,16?,18-,20+,37?/m1/s1. The van der Waals surface area contributed by atoms with Crippen LogP contribution in [0.3, 0.4) is 0 Å². The lowest BCUT2D eigenvalue weighted by atomic mass is 9.97. The Morgan fingerprint density at radius 2 is 2.24 bits per heavy atom. The van der Waals surface area contributed by atoms with Crippen molar-refractivity contribution in [3.05, 3.63) is 0 Å². The van der Waals surface area contributed by atoms with Gasteiger partial charge in [-0.25, -0.2) is 19.6 Å². The molecular formula is C20H31FN7O8P. The first kappa shape index (κ1) is 27.4. The zero-order chi connectivity index (χ0) is 27.0. The van der Waals surface area contributed by atoms with E-state index in [1.807, 2.05) is 0 Å². The zero-order valence-electron chi connectivity index (χ0n) is 20.8. The quantitative estimate of drug-likeness (QED) is 0.284. The largest absolute Gasteiger partial charge is 0.479 e. The highest BCUT2D eigenvalue weighted by molar-refractivity contribution is 7.54. The van der Waals surface area contributed by atoms with E-state index in [1.54, 1.807) is 20.8 Å². The molecular weight excluding hydrogens is 516 g/mol. The summed E-state index contributed by atoms with van der Waals surface area (Å²) in [4.78, 5) is 38.5. The average molecular weight is 547 g/mol. The number of hydrogen-bond acceptors (Lipinski definition) is 13. The van der Waals surface area contributed by atoms with Crippen LogP contribution in [0.2, 0.25) is 0 Å². The van der Waals surface area contributed by atoms with Crippen LogP contribution in [0, 0.1) is 0 Å². The second-order valence-electron chi connectivity index (χ2n) is 9.08. The van der Waals surface area contributed by atoms with E-state index in [-0.39, 0.29) is 18.0 Å². The van der Waals surface area contributed by atoms with Gasteiger partial charge in [0.1, 0.15) is 19.2 Å². The molecule has 0 radical (unpaired) electrons. The lowest BCUT2D eigenvalue weighted by molar-refractivity contribution is -0.156. The third kappa shape index (κ3) is 5.77. The number of ether oxygens (including phenoxy) is 4. The van der Waals surface area contributed by atoms with Crippen molar-refractivity contribution in [2.75, 3.05) is 26.3 Å². The fourth-order valence-corrected chi connectivity index (χ4v) is 5.62. The van der Waals surface area contributed by atoms with Crippen molar-refractivity contribution in [3.8, 4) is 0 Å². The molecule has 4 rings (SSSR count). The van der Waals surface area contributed by atoms with Gasteiger partial charge in [-0.15, -0.1) is 0 Å². The van der Waals surface area contributed by atoms with Crippen molar-refractivity contribution in [3.63, 3.8) is 0 Å². The number of hydrogen-bond donors (Lipinski definition) is 3. The zero-order valence-corrected chi connectivity index (χ0v) is 21.7. The Morgan fingerprint density at radius 3 is 2.95 bits per heavy atom. The Labute approximate surface area is 212 Å². The van der Waals surface area contributed by atoms with Crippen LogP contribution in [0.15, 0.2) is 15.0 Å². The Kier molecular flexibility index (Phi) is 7.85. The van der Waals surface area contributed by atoms with Crippen molar-refractivity contribution in [2.24, 2.45) is 20.7 Å². The number of rotatable bonds is 6. The van der Waals surface area contributed by atoms with Gasteiger partial charge < -0.3 is 34.1 Å². The van der Waals surface area contributed by atoms with Crippen LogP contribution in [-0.2, 0) is 37.6 Å². The van der Waals surface area contributed by atoms with Crippen molar-refractivity contribution in [1.82, 2.24) is 15.1 Å². The fourth-order valence-electron chi connectivity index (χ4n) is 4.30. The minimum atomic E-state index is -3.95. The first-order valence-electron chi connectivity index (χ1n) is 11.8. The molecule has 0 aromatic heterocycles. The summed E-state index contributed by atoms with van der Waals surface area (Å²) in [5, 5.41) is 4.86. The molecule has 206 valence electrons. The van der Waals surface area contributed by atoms with Crippen molar-refractivity contribution >= 4 is 37.8 Å². The topological polar surface area (TPSA) is 188 Å². The van der Waals surface area contributed by atoms with Gasteiger partial charge in [0.2, 0.25) is 11.9 Å². The molecule has 0 aromatic carbocycles. The molecule has 4 aliphatic rings. The third-order valence-electron chi connectivity index (χ3n) is 5.84. The highest BCUT2D eigenvalue weighted by Gasteiger charge is 2.61. The van der Waals surface area contributed by atoms with Gasteiger partial charge in [0.25, 0.3) is 0 Å². The van der Waals surface area contributed by atoms with Gasteiger partial charge in [-0.2, -0.15) is 4.99 Å². The van der Waals surface area contributed by atoms with E-state index < -0.39 is 75.6 Å². The van der Waals surface area contributed by atoms with Crippen LogP contribution >= 0.6 is 7.67 Å². The molecule has 4 aliphatic heterocycles. The van der Waals surface area contributed by atoms with Gasteiger partial charge >= 0.3 is 19.6 Å². The van der Waals surface area contributed by atoms with E-state index in [9.17, 15) is 14.2 Å². The second-order valence-corrected chi connectivity index (χ2v) is 11.1. The van der Waals surface area contributed by atoms with Crippen molar-refractivity contribution in [2.45, 2.75) is 70.1 Å². The molecule has 37 heavy (non-hydrogen) atoms. The Morgan fingerprint density at radius 1 is 1.49 bits per heavy atom. The molecule has 2 fully saturated rings. The predicted molar refractivity (Wildman–Crippen MR) is 127 cm³/mol. The number of nitrogens with two attached hydrogens (primary N) is 1. The van der Waals surface area contributed by atoms with Crippen LogP contribution < -0.4 is 15.9 Å². The van der Waals surface area contributed by atoms with E-state index in [0.29, 0.717) is 6.61 Å². The number of nitrogens with one attached hydrogen (secondary N) is 2.